The fourth-order valence-electron chi connectivity index (χ4n) is 1.64. The van der Waals surface area contributed by atoms with Gasteiger partial charge >= 0.3 is 0 Å². The van der Waals surface area contributed by atoms with Crippen molar-refractivity contribution in [2.45, 2.75) is 19.8 Å². The third-order valence-electron chi connectivity index (χ3n) is 2.44. The van der Waals surface area contributed by atoms with Crippen molar-refractivity contribution in [3.63, 3.8) is 0 Å². The lowest BCUT2D eigenvalue weighted by atomic mass is 10.1. The average molecular weight is 330 g/mol. The van der Waals surface area contributed by atoms with Crippen molar-refractivity contribution in [2.24, 2.45) is 0 Å². The zero-order valence-electron chi connectivity index (χ0n) is 9.75. The molecule has 0 saturated heterocycles. The summed E-state index contributed by atoms with van der Waals surface area (Å²) in [4.78, 5) is 8.46. The summed E-state index contributed by atoms with van der Waals surface area (Å²) < 4.78 is 14.4. The van der Waals surface area contributed by atoms with Crippen LogP contribution in [0.2, 0.25) is 5.15 Å². The fourth-order valence-corrected chi connectivity index (χ4v) is 2.21. The Morgan fingerprint density at radius 3 is 2.83 bits per heavy atom. The molecule has 0 spiro atoms. The van der Waals surface area contributed by atoms with Crippen LogP contribution in [0.4, 0.5) is 4.39 Å². The largest absolute Gasteiger partial charge is 0.233 e. The highest BCUT2D eigenvalue weighted by molar-refractivity contribution is 9.10. The zero-order valence-corrected chi connectivity index (χ0v) is 12.1. The summed E-state index contributed by atoms with van der Waals surface area (Å²) in [5.74, 6) is 0.300. The van der Waals surface area contributed by atoms with Gasteiger partial charge < -0.3 is 0 Å². The van der Waals surface area contributed by atoms with Gasteiger partial charge in [0.1, 0.15) is 16.8 Å². The van der Waals surface area contributed by atoms with Crippen LogP contribution >= 0.6 is 27.5 Å². The molecular formula is C13H11BrClFN2. The number of halogens is 3. The van der Waals surface area contributed by atoms with Gasteiger partial charge in [0.05, 0.1) is 10.2 Å². The number of hydrogen-bond acceptors (Lipinski definition) is 2. The normalized spacial score (nSPS) is 10.7. The summed E-state index contributed by atoms with van der Waals surface area (Å²) in [6.07, 6.45) is 1.64. The molecule has 0 amide bonds. The molecule has 0 bridgehead atoms. The van der Waals surface area contributed by atoms with Crippen LogP contribution in [0.3, 0.4) is 0 Å². The number of nitrogens with zero attached hydrogens (tertiary/aromatic N) is 2. The average Bonchev–Trinajstić information content (AvgIpc) is 2.32. The minimum atomic E-state index is -0.338. The summed E-state index contributed by atoms with van der Waals surface area (Å²) in [5.41, 5.74) is 0.934. The Labute approximate surface area is 118 Å². The minimum absolute atomic E-state index is 0.336. The van der Waals surface area contributed by atoms with Gasteiger partial charge in [0.2, 0.25) is 0 Å². The molecule has 0 saturated carbocycles. The van der Waals surface area contributed by atoms with Gasteiger partial charge in [0.15, 0.2) is 0 Å². The van der Waals surface area contributed by atoms with Gasteiger partial charge in [0.25, 0.3) is 0 Å². The Kier molecular flexibility index (Phi) is 4.30. The van der Waals surface area contributed by atoms with Gasteiger partial charge in [-0.05, 0) is 34.5 Å². The smallest absolute Gasteiger partial charge is 0.146 e. The first-order chi connectivity index (χ1) is 8.61. The van der Waals surface area contributed by atoms with Crippen LogP contribution < -0.4 is 0 Å². The quantitative estimate of drug-likeness (QED) is 0.766. The van der Waals surface area contributed by atoms with E-state index in [1.165, 1.54) is 0 Å². The first kappa shape index (κ1) is 13.4. The standard InChI is InChI=1S/C13H11BrClFN2/c1-2-4-12-17-10(7-11(15)18-12)8-5-3-6-9(14)13(8)16/h3,5-7H,2,4H2,1H3. The highest BCUT2D eigenvalue weighted by Crippen LogP contribution is 2.27. The molecule has 0 N–H and O–H groups in total. The third-order valence-corrected chi connectivity index (χ3v) is 3.25. The molecule has 1 aromatic carbocycles. The molecule has 5 heteroatoms. The second kappa shape index (κ2) is 5.76. The number of hydrogen-bond donors (Lipinski definition) is 0. The lowest BCUT2D eigenvalue weighted by Gasteiger charge is -2.06. The van der Waals surface area contributed by atoms with E-state index in [0.29, 0.717) is 26.7 Å². The van der Waals surface area contributed by atoms with E-state index < -0.39 is 0 Å². The zero-order chi connectivity index (χ0) is 13.1. The van der Waals surface area contributed by atoms with Crippen LogP contribution in [0, 0.1) is 5.82 Å². The molecule has 94 valence electrons. The molecule has 0 radical (unpaired) electrons. The number of benzene rings is 1. The van der Waals surface area contributed by atoms with Crippen molar-refractivity contribution in [1.82, 2.24) is 9.97 Å². The van der Waals surface area contributed by atoms with Gasteiger partial charge in [-0.3, -0.25) is 0 Å². The first-order valence-electron chi connectivity index (χ1n) is 5.59. The third kappa shape index (κ3) is 2.87. The van der Waals surface area contributed by atoms with Crippen molar-refractivity contribution < 1.29 is 4.39 Å². The maximum Gasteiger partial charge on any atom is 0.146 e. The maximum atomic E-state index is 14.0. The summed E-state index contributed by atoms with van der Waals surface area (Å²) in [7, 11) is 0. The van der Waals surface area contributed by atoms with E-state index >= 15 is 0 Å². The van der Waals surface area contributed by atoms with Crippen LogP contribution in [0.5, 0.6) is 0 Å². The highest BCUT2D eigenvalue weighted by Gasteiger charge is 2.11. The van der Waals surface area contributed by atoms with E-state index in [4.69, 9.17) is 11.6 Å². The summed E-state index contributed by atoms with van der Waals surface area (Å²) in [6, 6.07) is 6.66. The molecule has 1 heterocycles. The van der Waals surface area contributed by atoms with Crippen molar-refractivity contribution in [1.29, 1.82) is 0 Å². The molecular weight excluding hydrogens is 319 g/mol. The van der Waals surface area contributed by atoms with Gasteiger partial charge in [0, 0.05) is 18.1 Å². The van der Waals surface area contributed by atoms with Crippen molar-refractivity contribution in [2.75, 3.05) is 0 Å². The van der Waals surface area contributed by atoms with Gasteiger partial charge in [-0.15, -0.1) is 0 Å². The van der Waals surface area contributed by atoms with Crippen LogP contribution in [0.15, 0.2) is 28.7 Å². The molecule has 0 aliphatic carbocycles. The van der Waals surface area contributed by atoms with Crippen LogP contribution in [-0.2, 0) is 6.42 Å². The van der Waals surface area contributed by atoms with Crippen molar-refractivity contribution in [3.8, 4) is 11.3 Å². The Balaban J connectivity index is 2.53. The second-order valence-electron chi connectivity index (χ2n) is 3.84. The Morgan fingerprint density at radius 1 is 1.33 bits per heavy atom. The highest BCUT2D eigenvalue weighted by atomic mass is 79.9. The molecule has 0 aliphatic rings. The van der Waals surface area contributed by atoms with Crippen molar-refractivity contribution >= 4 is 27.5 Å². The van der Waals surface area contributed by atoms with Crippen LogP contribution in [0.1, 0.15) is 19.2 Å². The van der Waals surface area contributed by atoms with E-state index in [0.717, 1.165) is 12.8 Å². The van der Waals surface area contributed by atoms with Crippen LogP contribution in [-0.4, -0.2) is 9.97 Å². The number of rotatable bonds is 3. The lowest BCUT2D eigenvalue weighted by molar-refractivity contribution is 0.624. The molecule has 1 aromatic heterocycles. The van der Waals surface area contributed by atoms with Gasteiger partial charge in [-0.2, -0.15) is 0 Å². The molecule has 2 nitrogen and oxygen atoms in total. The second-order valence-corrected chi connectivity index (χ2v) is 5.09. The SMILES string of the molecule is CCCc1nc(Cl)cc(-c2cccc(Br)c2F)n1. The maximum absolute atomic E-state index is 14.0. The fraction of sp³-hybridized carbons (Fsp3) is 0.231. The molecule has 0 fully saturated rings. The Hall–Kier alpha value is -1.00. The Morgan fingerprint density at radius 2 is 2.11 bits per heavy atom. The first-order valence-corrected chi connectivity index (χ1v) is 6.76. The summed E-state index contributed by atoms with van der Waals surface area (Å²) in [5, 5.41) is 0.336. The summed E-state index contributed by atoms with van der Waals surface area (Å²) >= 11 is 9.10. The molecule has 2 aromatic rings. The number of aromatic nitrogens is 2. The summed E-state index contributed by atoms with van der Waals surface area (Å²) in [6.45, 7) is 2.03. The molecule has 2 rings (SSSR count). The Bertz CT molecular complexity index is 575. The molecule has 0 aliphatic heterocycles. The lowest BCUT2D eigenvalue weighted by Crippen LogP contribution is -1.98. The number of aryl methyl sites for hydroxylation is 1. The minimum Gasteiger partial charge on any atom is -0.233 e. The molecule has 0 atom stereocenters. The monoisotopic (exact) mass is 328 g/mol. The molecule has 18 heavy (non-hydrogen) atoms. The van der Waals surface area contributed by atoms with E-state index in [2.05, 4.69) is 25.9 Å². The van der Waals surface area contributed by atoms with Gasteiger partial charge in [-0.1, -0.05) is 24.6 Å². The predicted molar refractivity (Wildman–Crippen MR) is 74.1 cm³/mol. The predicted octanol–water partition coefficient (Wildman–Crippen LogP) is 4.65. The van der Waals surface area contributed by atoms with E-state index in [-0.39, 0.29) is 5.82 Å². The van der Waals surface area contributed by atoms with E-state index in [1.54, 1.807) is 24.3 Å². The molecule has 0 unspecified atom stereocenters. The van der Waals surface area contributed by atoms with Crippen LogP contribution in [0.25, 0.3) is 11.3 Å². The van der Waals surface area contributed by atoms with Gasteiger partial charge in [-0.25, -0.2) is 14.4 Å². The van der Waals surface area contributed by atoms with Crippen molar-refractivity contribution in [3.05, 3.63) is 45.5 Å². The topological polar surface area (TPSA) is 25.8 Å². The van der Waals surface area contributed by atoms with E-state index in [9.17, 15) is 4.39 Å². The van der Waals surface area contributed by atoms with E-state index in [1.807, 2.05) is 6.92 Å².